The van der Waals surface area contributed by atoms with E-state index >= 15 is 0 Å². The average molecular weight is 230 g/mol. The second-order valence-electron chi connectivity index (χ2n) is 3.57. The number of ether oxygens (including phenoxy) is 1. The van der Waals surface area contributed by atoms with Gasteiger partial charge < -0.3 is 4.74 Å². The number of carbonyl (C=O) groups is 1. The van der Waals surface area contributed by atoms with Crippen molar-refractivity contribution in [3.63, 3.8) is 0 Å². The first kappa shape index (κ1) is 14.3. The maximum Gasteiger partial charge on any atom is 0.330 e. The number of alkyl halides is 4. The van der Waals surface area contributed by atoms with Crippen molar-refractivity contribution in [2.24, 2.45) is 5.92 Å². The van der Waals surface area contributed by atoms with Gasteiger partial charge in [0.1, 0.15) is 12.7 Å². The van der Waals surface area contributed by atoms with E-state index in [1.807, 2.05) is 0 Å². The molecule has 6 heteroatoms. The molecule has 0 N–H and O–H groups in total. The Morgan fingerprint density at radius 2 is 1.73 bits per heavy atom. The molecule has 0 bridgehead atoms. The molecule has 0 unspecified atom stereocenters. The quantitative estimate of drug-likeness (QED) is 0.655. The minimum atomic E-state index is -4.20. The van der Waals surface area contributed by atoms with Gasteiger partial charge in [-0.1, -0.05) is 13.8 Å². The first-order valence-corrected chi connectivity index (χ1v) is 4.49. The molecule has 0 radical (unpaired) electrons. The lowest BCUT2D eigenvalue weighted by Gasteiger charge is -2.19. The summed E-state index contributed by atoms with van der Waals surface area (Å²) in [6, 6.07) is 0. The molecule has 0 spiro atoms. The molecule has 0 heterocycles. The number of hydrogen-bond acceptors (Lipinski definition) is 2. The summed E-state index contributed by atoms with van der Waals surface area (Å²) in [7, 11) is 0. The Morgan fingerprint density at radius 1 is 1.27 bits per heavy atom. The van der Waals surface area contributed by atoms with Crippen LogP contribution in [-0.2, 0) is 9.53 Å². The zero-order chi connectivity index (χ0) is 12.2. The molecule has 90 valence electrons. The van der Waals surface area contributed by atoms with Gasteiger partial charge >= 0.3 is 12.3 Å². The molecule has 0 saturated carbocycles. The van der Waals surface area contributed by atoms with Crippen molar-refractivity contribution in [2.75, 3.05) is 6.61 Å². The summed E-state index contributed by atoms with van der Waals surface area (Å²) in [4.78, 5) is 11.2. The van der Waals surface area contributed by atoms with E-state index in [1.165, 1.54) is 6.92 Å². The molecule has 0 amide bonds. The molecule has 0 aliphatic carbocycles. The fraction of sp³-hybridized carbons (Fsp3) is 0.889. The molecular formula is C9H14F4O2. The van der Waals surface area contributed by atoms with Gasteiger partial charge in [0.2, 0.25) is 0 Å². The van der Waals surface area contributed by atoms with E-state index in [1.54, 1.807) is 13.8 Å². The lowest BCUT2D eigenvalue weighted by atomic mass is 10.1. The van der Waals surface area contributed by atoms with Crippen molar-refractivity contribution in [3.8, 4) is 0 Å². The second-order valence-corrected chi connectivity index (χ2v) is 3.57. The second kappa shape index (κ2) is 5.44. The standard InChI is InChI=1S/C9H14F4O2/c1-5(2)7(14)6(3)15-4-9(12,13)8(10)11/h5-6,8H,4H2,1-3H3/t6-/m1/s1. The first-order chi connectivity index (χ1) is 6.68. The van der Waals surface area contributed by atoms with Crippen LogP contribution in [0, 0.1) is 5.92 Å². The molecule has 0 aromatic rings. The van der Waals surface area contributed by atoms with Crippen LogP contribution in [0.15, 0.2) is 0 Å². The Morgan fingerprint density at radius 3 is 2.07 bits per heavy atom. The summed E-state index contributed by atoms with van der Waals surface area (Å²) in [6.45, 7) is 2.98. The van der Waals surface area contributed by atoms with Gasteiger partial charge in [-0.3, -0.25) is 4.79 Å². The summed E-state index contributed by atoms with van der Waals surface area (Å²) in [5, 5.41) is 0. The number of rotatable bonds is 6. The molecule has 0 saturated heterocycles. The normalized spacial score (nSPS) is 14.7. The number of hydrogen-bond donors (Lipinski definition) is 0. The molecule has 0 aromatic carbocycles. The van der Waals surface area contributed by atoms with E-state index in [0.29, 0.717) is 0 Å². The third-order valence-corrected chi connectivity index (χ3v) is 1.81. The van der Waals surface area contributed by atoms with Crippen molar-refractivity contribution in [2.45, 2.75) is 39.2 Å². The lowest BCUT2D eigenvalue weighted by Crippen LogP contribution is -2.36. The molecule has 0 fully saturated rings. The highest BCUT2D eigenvalue weighted by molar-refractivity contribution is 5.84. The Bertz CT molecular complexity index is 216. The summed E-state index contributed by atoms with van der Waals surface area (Å²) < 4.78 is 52.6. The first-order valence-electron chi connectivity index (χ1n) is 4.49. The zero-order valence-corrected chi connectivity index (χ0v) is 8.77. The molecule has 15 heavy (non-hydrogen) atoms. The Balaban J connectivity index is 4.11. The molecule has 2 nitrogen and oxygen atoms in total. The largest absolute Gasteiger partial charge is 0.364 e. The van der Waals surface area contributed by atoms with Gasteiger partial charge in [-0.15, -0.1) is 0 Å². The topological polar surface area (TPSA) is 26.3 Å². The monoisotopic (exact) mass is 230 g/mol. The Hall–Kier alpha value is -0.650. The van der Waals surface area contributed by atoms with Crippen LogP contribution in [0.2, 0.25) is 0 Å². The van der Waals surface area contributed by atoms with E-state index in [0.717, 1.165) is 0 Å². The van der Waals surface area contributed by atoms with Crippen molar-refractivity contribution < 1.29 is 27.1 Å². The average Bonchev–Trinajstić information content (AvgIpc) is 2.12. The van der Waals surface area contributed by atoms with Crippen molar-refractivity contribution in [3.05, 3.63) is 0 Å². The van der Waals surface area contributed by atoms with Crippen LogP contribution in [0.5, 0.6) is 0 Å². The van der Waals surface area contributed by atoms with Crippen molar-refractivity contribution in [1.29, 1.82) is 0 Å². The van der Waals surface area contributed by atoms with Crippen LogP contribution >= 0.6 is 0 Å². The smallest absolute Gasteiger partial charge is 0.330 e. The summed E-state index contributed by atoms with van der Waals surface area (Å²) in [6.07, 6.45) is -4.87. The van der Waals surface area contributed by atoms with Crippen LogP contribution < -0.4 is 0 Å². The number of halogens is 4. The van der Waals surface area contributed by atoms with E-state index in [-0.39, 0.29) is 11.7 Å². The molecular weight excluding hydrogens is 216 g/mol. The zero-order valence-electron chi connectivity index (χ0n) is 8.77. The van der Waals surface area contributed by atoms with Gasteiger partial charge in [-0.05, 0) is 6.92 Å². The van der Waals surface area contributed by atoms with Crippen LogP contribution in [0.1, 0.15) is 20.8 Å². The van der Waals surface area contributed by atoms with Crippen LogP contribution in [0.3, 0.4) is 0 Å². The number of carbonyl (C=O) groups excluding carboxylic acids is 1. The SMILES string of the molecule is CC(C)C(=O)[C@@H](C)OCC(F)(F)C(F)F. The minimum absolute atomic E-state index is 0.375. The molecule has 0 rings (SSSR count). The highest BCUT2D eigenvalue weighted by atomic mass is 19.3. The van der Waals surface area contributed by atoms with Crippen LogP contribution in [-0.4, -0.2) is 30.8 Å². The van der Waals surface area contributed by atoms with E-state index in [2.05, 4.69) is 4.74 Å². The third-order valence-electron chi connectivity index (χ3n) is 1.81. The molecule has 0 aliphatic rings. The molecule has 0 aromatic heterocycles. The number of Topliss-reactive ketones (excluding diaryl/α,β-unsaturated/α-hetero) is 1. The van der Waals surface area contributed by atoms with Crippen molar-refractivity contribution in [1.82, 2.24) is 0 Å². The highest BCUT2D eigenvalue weighted by Crippen LogP contribution is 2.23. The maximum absolute atomic E-state index is 12.4. The van der Waals surface area contributed by atoms with Gasteiger partial charge in [0.05, 0.1) is 0 Å². The maximum atomic E-state index is 12.4. The lowest BCUT2D eigenvalue weighted by molar-refractivity contribution is -0.178. The van der Waals surface area contributed by atoms with Gasteiger partial charge in [0, 0.05) is 5.92 Å². The summed E-state index contributed by atoms with van der Waals surface area (Å²) in [5.41, 5.74) is 0. The van der Waals surface area contributed by atoms with Gasteiger partial charge in [-0.2, -0.15) is 8.78 Å². The third kappa shape index (κ3) is 4.59. The van der Waals surface area contributed by atoms with E-state index in [4.69, 9.17) is 0 Å². The number of ketones is 1. The van der Waals surface area contributed by atoms with Crippen molar-refractivity contribution >= 4 is 5.78 Å². The van der Waals surface area contributed by atoms with Gasteiger partial charge in [-0.25, -0.2) is 8.78 Å². The Labute approximate surface area is 85.6 Å². The molecule has 1 atom stereocenters. The molecule has 0 aliphatic heterocycles. The predicted octanol–water partition coefficient (Wildman–Crippen LogP) is 2.52. The van der Waals surface area contributed by atoms with Crippen LogP contribution in [0.25, 0.3) is 0 Å². The summed E-state index contributed by atoms with van der Waals surface area (Å²) >= 11 is 0. The van der Waals surface area contributed by atoms with Gasteiger partial charge in [0.25, 0.3) is 0 Å². The fourth-order valence-electron chi connectivity index (χ4n) is 0.851. The summed E-state index contributed by atoms with van der Waals surface area (Å²) in [5.74, 6) is -4.97. The van der Waals surface area contributed by atoms with E-state index in [9.17, 15) is 22.4 Å². The van der Waals surface area contributed by atoms with E-state index < -0.39 is 25.1 Å². The minimum Gasteiger partial charge on any atom is -0.364 e. The highest BCUT2D eigenvalue weighted by Gasteiger charge is 2.41. The Kier molecular flexibility index (Phi) is 5.20. The van der Waals surface area contributed by atoms with Gasteiger partial charge in [0.15, 0.2) is 5.78 Å². The predicted molar refractivity (Wildman–Crippen MR) is 46.2 cm³/mol. The fourth-order valence-corrected chi connectivity index (χ4v) is 0.851. The van der Waals surface area contributed by atoms with Crippen LogP contribution in [0.4, 0.5) is 17.6 Å².